The Morgan fingerprint density at radius 2 is 1.78 bits per heavy atom. The quantitative estimate of drug-likeness (QED) is 0.773. The monoisotopic (exact) mass is 360 g/mol. The SMILES string of the molecule is COc1ccccc1C(=O)Nc1ccc(N2CCc3ccccc3C2)nn1. The van der Waals surface area contributed by atoms with Crippen LogP contribution in [0.5, 0.6) is 5.75 Å². The number of methoxy groups -OCH3 is 1. The maximum atomic E-state index is 12.4. The lowest BCUT2D eigenvalue weighted by Crippen LogP contribution is -2.31. The number of rotatable bonds is 4. The van der Waals surface area contributed by atoms with Crippen LogP contribution >= 0.6 is 0 Å². The largest absolute Gasteiger partial charge is 0.496 e. The highest BCUT2D eigenvalue weighted by molar-refractivity contribution is 6.05. The third kappa shape index (κ3) is 3.60. The first-order chi connectivity index (χ1) is 13.2. The van der Waals surface area contributed by atoms with Crippen molar-refractivity contribution in [2.75, 3.05) is 23.9 Å². The van der Waals surface area contributed by atoms with E-state index in [1.807, 2.05) is 12.1 Å². The molecule has 0 saturated heterocycles. The summed E-state index contributed by atoms with van der Waals surface area (Å²) in [7, 11) is 1.54. The fraction of sp³-hybridized carbons (Fsp3) is 0.190. The number of anilines is 2. The van der Waals surface area contributed by atoms with Crippen LogP contribution in [0.1, 0.15) is 21.5 Å². The molecule has 0 atom stereocenters. The molecular weight excluding hydrogens is 340 g/mol. The highest BCUT2D eigenvalue weighted by Crippen LogP contribution is 2.23. The zero-order valence-electron chi connectivity index (χ0n) is 15.1. The van der Waals surface area contributed by atoms with Gasteiger partial charge in [0.1, 0.15) is 5.75 Å². The maximum absolute atomic E-state index is 12.4. The topological polar surface area (TPSA) is 67.3 Å². The molecule has 0 bridgehead atoms. The number of ether oxygens (including phenoxy) is 1. The van der Waals surface area contributed by atoms with Gasteiger partial charge in [-0.25, -0.2) is 0 Å². The van der Waals surface area contributed by atoms with Crippen LogP contribution < -0.4 is 15.0 Å². The summed E-state index contributed by atoms with van der Waals surface area (Å²) in [5.41, 5.74) is 3.17. The second-order valence-electron chi connectivity index (χ2n) is 6.37. The molecule has 1 aliphatic rings. The Hall–Kier alpha value is -3.41. The molecule has 1 aliphatic heterocycles. The number of nitrogens with zero attached hydrogens (tertiary/aromatic N) is 3. The molecule has 0 spiro atoms. The molecular formula is C21H20N4O2. The minimum atomic E-state index is -0.276. The smallest absolute Gasteiger partial charge is 0.260 e. The summed E-state index contributed by atoms with van der Waals surface area (Å²) in [6.45, 7) is 1.72. The number of carbonyl (C=O) groups is 1. The third-order valence-electron chi connectivity index (χ3n) is 4.70. The van der Waals surface area contributed by atoms with E-state index in [1.54, 1.807) is 24.3 Å². The van der Waals surface area contributed by atoms with Crippen molar-refractivity contribution in [1.82, 2.24) is 10.2 Å². The Balaban J connectivity index is 1.46. The number of hydrogen-bond acceptors (Lipinski definition) is 5. The number of benzene rings is 2. The van der Waals surface area contributed by atoms with Crippen molar-refractivity contribution in [2.24, 2.45) is 0 Å². The van der Waals surface area contributed by atoms with Crippen LogP contribution in [0.4, 0.5) is 11.6 Å². The lowest BCUT2D eigenvalue weighted by molar-refractivity contribution is 0.102. The number of carbonyl (C=O) groups excluding carboxylic acids is 1. The number of nitrogens with one attached hydrogen (secondary N) is 1. The first kappa shape index (κ1) is 17.0. The number of para-hydroxylation sites is 1. The van der Waals surface area contributed by atoms with Gasteiger partial charge in [0.2, 0.25) is 0 Å². The van der Waals surface area contributed by atoms with Crippen molar-refractivity contribution in [3.8, 4) is 5.75 Å². The minimum Gasteiger partial charge on any atom is -0.496 e. The first-order valence-electron chi connectivity index (χ1n) is 8.84. The van der Waals surface area contributed by atoms with Crippen LogP contribution in [0.2, 0.25) is 0 Å². The summed E-state index contributed by atoms with van der Waals surface area (Å²) in [6.07, 6.45) is 0.990. The fourth-order valence-corrected chi connectivity index (χ4v) is 3.27. The van der Waals surface area contributed by atoms with E-state index < -0.39 is 0 Å². The van der Waals surface area contributed by atoms with E-state index in [1.165, 1.54) is 18.2 Å². The van der Waals surface area contributed by atoms with Crippen LogP contribution in [-0.2, 0) is 13.0 Å². The molecule has 2 heterocycles. The van der Waals surface area contributed by atoms with Gasteiger partial charge in [-0.15, -0.1) is 10.2 Å². The Kier molecular flexibility index (Phi) is 4.70. The van der Waals surface area contributed by atoms with Gasteiger partial charge in [-0.3, -0.25) is 4.79 Å². The van der Waals surface area contributed by atoms with Crippen LogP contribution in [0.3, 0.4) is 0 Å². The predicted octanol–water partition coefficient (Wildman–Crippen LogP) is 3.30. The zero-order chi connectivity index (χ0) is 18.6. The second kappa shape index (κ2) is 7.45. The van der Waals surface area contributed by atoms with E-state index in [0.29, 0.717) is 17.1 Å². The normalized spacial score (nSPS) is 13.0. The number of fused-ring (bicyclic) bond motifs is 1. The van der Waals surface area contributed by atoms with E-state index >= 15 is 0 Å². The molecule has 6 nitrogen and oxygen atoms in total. The average molecular weight is 360 g/mol. The van der Waals surface area contributed by atoms with Crippen molar-refractivity contribution >= 4 is 17.5 Å². The van der Waals surface area contributed by atoms with Crippen molar-refractivity contribution in [1.29, 1.82) is 0 Å². The van der Waals surface area contributed by atoms with Gasteiger partial charge in [-0.05, 0) is 41.8 Å². The maximum Gasteiger partial charge on any atom is 0.260 e. The fourth-order valence-electron chi connectivity index (χ4n) is 3.27. The van der Waals surface area contributed by atoms with Crippen LogP contribution in [0.15, 0.2) is 60.7 Å². The second-order valence-corrected chi connectivity index (χ2v) is 6.37. The lowest BCUT2D eigenvalue weighted by Gasteiger charge is -2.29. The van der Waals surface area contributed by atoms with Gasteiger partial charge in [0.15, 0.2) is 11.6 Å². The third-order valence-corrected chi connectivity index (χ3v) is 4.70. The molecule has 136 valence electrons. The number of amides is 1. The van der Waals surface area contributed by atoms with E-state index in [-0.39, 0.29) is 5.91 Å². The molecule has 4 rings (SSSR count). The molecule has 0 fully saturated rings. The molecule has 6 heteroatoms. The summed E-state index contributed by atoms with van der Waals surface area (Å²) < 4.78 is 5.23. The van der Waals surface area contributed by atoms with E-state index in [9.17, 15) is 4.79 Å². The molecule has 1 amide bonds. The van der Waals surface area contributed by atoms with Crippen molar-refractivity contribution < 1.29 is 9.53 Å². The minimum absolute atomic E-state index is 0.276. The van der Waals surface area contributed by atoms with Crippen molar-refractivity contribution in [2.45, 2.75) is 13.0 Å². The molecule has 27 heavy (non-hydrogen) atoms. The van der Waals surface area contributed by atoms with Gasteiger partial charge in [-0.1, -0.05) is 36.4 Å². The van der Waals surface area contributed by atoms with Gasteiger partial charge < -0.3 is 15.0 Å². The molecule has 3 aromatic rings. The van der Waals surface area contributed by atoms with E-state index in [0.717, 1.165) is 25.3 Å². The Labute approximate surface area is 157 Å². The van der Waals surface area contributed by atoms with Crippen LogP contribution in [0.25, 0.3) is 0 Å². The highest BCUT2D eigenvalue weighted by Gasteiger charge is 2.18. The van der Waals surface area contributed by atoms with E-state index in [4.69, 9.17) is 4.74 Å². The number of hydrogen-bond donors (Lipinski definition) is 1. The molecule has 0 unspecified atom stereocenters. The molecule has 2 aromatic carbocycles. The molecule has 0 saturated carbocycles. The van der Waals surface area contributed by atoms with Crippen LogP contribution in [-0.4, -0.2) is 29.8 Å². The Bertz CT molecular complexity index is 956. The zero-order valence-corrected chi connectivity index (χ0v) is 15.1. The number of aromatic nitrogens is 2. The first-order valence-corrected chi connectivity index (χ1v) is 8.84. The molecule has 1 aromatic heterocycles. The average Bonchev–Trinajstić information content (AvgIpc) is 2.74. The van der Waals surface area contributed by atoms with Gasteiger partial charge in [0.05, 0.1) is 12.7 Å². The summed E-state index contributed by atoms with van der Waals surface area (Å²) in [6, 6.07) is 19.2. The predicted molar refractivity (Wildman–Crippen MR) is 104 cm³/mol. The van der Waals surface area contributed by atoms with Gasteiger partial charge in [0, 0.05) is 13.1 Å². The van der Waals surface area contributed by atoms with Crippen molar-refractivity contribution in [3.05, 3.63) is 77.4 Å². The summed E-state index contributed by atoms with van der Waals surface area (Å²) in [4.78, 5) is 14.6. The molecule has 0 aliphatic carbocycles. The van der Waals surface area contributed by atoms with Crippen LogP contribution in [0, 0.1) is 0 Å². The summed E-state index contributed by atoms with van der Waals surface area (Å²) in [5, 5.41) is 11.2. The summed E-state index contributed by atoms with van der Waals surface area (Å²) >= 11 is 0. The lowest BCUT2D eigenvalue weighted by atomic mass is 10.00. The Morgan fingerprint density at radius 3 is 2.56 bits per heavy atom. The molecule has 1 N–H and O–H groups in total. The molecule has 0 radical (unpaired) electrons. The highest BCUT2D eigenvalue weighted by atomic mass is 16.5. The van der Waals surface area contributed by atoms with Gasteiger partial charge >= 0.3 is 0 Å². The standard InChI is InChI=1S/C21H20N4O2/c1-27-18-9-5-4-8-17(18)21(26)22-19-10-11-20(24-23-19)25-13-12-15-6-2-3-7-16(15)14-25/h2-11H,12-14H2,1H3,(H,22,23,26). The Morgan fingerprint density at radius 1 is 1.00 bits per heavy atom. The van der Waals surface area contributed by atoms with Crippen molar-refractivity contribution in [3.63, 3.8) is 0 Å². The van der Waals surface area contributed by atoms with E-state index in [2.05, 4.69) is 44.7 Å². The van der Waals surface area contributed by atoms with Gasteiger partial charge in [0.25, 0.3) is 5.91 Å². The van der Waals surface area contributed by atoms with Gasteiger partial charge in [-0.2, -0.15) is 0 Å². The summed E-state index contributed by atoms with van der Waals surface area (Å²) in [5.74, 6) is 1.46.